The van der Waals surface area contributed by atoms with Gasteiger partial charge < -0.3 is 19.9 Å². The van der Waals surface area contributed by atoms with Crippen LogP contribution in [0.4, 0.5) is 0 Å². The SMILES string of the molecule is CCOC(=O)CCCNCC(O)COc1cccc(C)c1. The molecule has 0 aliphatic carbocycles. The van der Waals surface area contributed by atoms with Gasteiger partial charge in [-0.1, -0.05) is 12.1 Å². The van der Waals surface area contributed by atoms with Crippen LogP contribution in [0, 0.1) is 6.92 Å². The molecule has 0 saturated heterocycles. The Kier molecular flexibility index (Phi) is 8.47. The predicted molar refractivity (Wildman–Crippen MR) is 81.4 cm³/mol. The van der Waals surface area contributed by atoms with Gasteiger partial charge in [-0.15, -0.1) is 0 Å². The molecule has 118 valence electrons. The Balaban J connectivity index is 2.06. The lowest BCUT2D eigenvalue weighted by Crippen LogP contribution is -2.32. The Hall–Kier alpha value is -1.59. The fourth-order valence-corrected chi connectivity index (χ4v) is 1.82. The lowest BCUT2D eigenvalue weighted by Gasteiger charge is -2.13. The van der Waals surface area contributed by atoms with Gasteiger partial charge in [0.1, 0.15) is 18.5 Å². The Morgan fingerprint density at radius 2 is 2.24 bits per heavy atom. The smallest absolute Gasteiger partial charge is 0.305 e. The fraction of sp³-hybridized carbons (Fsp3) is 0.562. The molecule has 21 heavy (non-hydrogen) atoms. The van der Waals surface area contributed by atoms with Gasteiger partial charge in [-0.3, -0.25) is 4.79 Å². The second-order valence-corrected chi connectivity index (χ2v) is 4.89. The number of carbonyl (C=O) groups excluding carboxylic acids is 1. The molecule has 2 N–H and O–H groups in total. The maximum absolute atomic E-state index is 11.1. The van der Waals surface area contributed by atoms with Crippen LogP contribution >= 0.6 is 0 Å². The lowest BCUT2D eigenvalue weighted by atomic mass is 10.2. The molecule has 0 aliphatic rings. The number of hydrogen-bond donors (Lipinski definition) is 2. The van der Waals surface area contributed by atoms with Gasteiger partial charge in [-0.2, -0.15) is 0 Å². The van der Waals surface area contributed by atoms with E-state index >= 15 is 0 Å². The summed E-state index contributed by atoms with van der Waals surface area (Å²) in [6.45, 7) is 5.56. The van der Waals surface area contributed by atoms with E-state index in [1.807, 2.05) is 31.2 Å². The van der Waals surface area contributed by atoms with Gasteiger partial charge in [0.2, 0.25) is 0 Å². The molecule has 0 heterocycles. The van der Waals surface area contributed by atoms with Crippen LogP contribution in [0.15, 0.2) is 24.3 Å². The van der Waals surface area contributed by atoms with Crippen molar-refractivity contribution in [1.29, 1.82) is 0 Å². The summed E-state index contributed by atoms with van der Waals surface area (Å²) in [5.74, 6) is 0.582. The molecule has 1 rings (SSSR count). The molecule has 1 unspecified atom stereocenters. The molecule has 5 nitrogen and oxygen atoms in total. The molecule has 0 bridgehead atoms. The number of rotatable bonds is 10. The zero-order valence-electron chi connectivity index (χ0n) is 12.8. The van der Waals surface area contributed by atoms with E-state index < -0.39 is 6.10 Å². The Bertz CT molecular complexity index is 422. The first kappa shape index (κ1) is 17.5. The van der Waals surface area contributed by atoms with Crippen molar-refractivity contribution in [2.75, 3.05) is 26.3 Å². The molecule has 1 atom stereocenters. The second-order valence-electron chi connectivity index (χ2n) is 4.89. The van der Waals surface area contributed by atoms with Crippen molar-refractivity contribution in [2.45, 2.75) is 32.8 Å². The van der Waals surface area contributed by atoms with Crippen molar-refractivity contribution in [3.63, 3.8) is 0 Å². The molecule has 0 aromatic heterocycles. The van der Waals surface area contributed by atoms with Crippen molar-refractivity contribution >= 4 is 5.97 Å². The molecule has 0 spiro atoms. The number of hydrogen-bond acceptors (Lipinski definition) is 5. The summed E-state index contributed by atoms with van der Waals surface area (Å²) in [4.78, 5) is 11.1. The molecular weight excluding hydrogens is 270 g/mol. The molecule has 1 aromatic carbocycles. The van der Waals surface area contributed by atoms with Crippen LogP contribution in [0.1, 0.15) is 25.3 Å². The largest absolute Gasteiger partial charge is 0.491 e. The highest BCUT2D eigenvalue weighted by Gasteiger charge is 2.06. The summed E-state index contributed by atoms with van der Waals surface area (Å²) < 4.78 is 10.3. The number of nitrogens with one attached hydrogen (secondary N) is 1. The van der Waals surface area contributed by atoms with Crippen molar-refractivity contribution in [2.24, 2.45) is 0 Å². The zero-order chi connectivity index (χ0) is 15.5. The third-order valence-electron chi connectivity index (χ3n) is 2.85. The van der Waals surface area contributed by atoms with Gasteiger partial charge in [0, 0.05) is 13.0 Å². The van der Waals surface area contributed by atoms with Gasteiger partial charge in [-0.25, -0.2) is 0 Å². The molecule has 1 aromatic rings. The molecule has 0 amide bonds. The maximum Gasteiger partial charge on any atom is 0.305 e. The average Bonchev–Trinajstić information content (AvgIpc) is 2.45. The van der Waals surface area contributed by atoms with Crippen LogP contribution in [-0.2, 0) is 9.53 Å². The lowest BCUT2D eigenvalue weighted by molar-refractivity contribution is -0.143. The minimum atomic E-state index is -0.576. The van der Waals surface area contributed by atoms with E-state index in [-0.39, 0.29) is 12.6 Å². The first-order valence-corrected chi connectivity index (χ1v) is 7.35. The van der Waals surface area contributed by atoms with E-state index in [1.54, 1.807) is 6.92 Å². The molecule has 0 radical (unpaired) electrons. The number of benzene rings is 1. The third kappa shape index (κ3) is 8.32. The van der Waals surface area contributed by atoms with E-state index in [4.69, 9.17) is 9.47 Å². The van der Waals surface area contributed by atoms with E-state index in [0.29, 0.717) is 32.5 Å². The summed E-state index contributed by atoms with van der Waals surface area (Å²) in [7, 11) is 0. The maximum atomic E-state index is 11.1. The van der Waals surface area contributed by atoms with E-state index in [2.05, 4.69) is 5.32 Å². The van der Waals surface area contributed by atoms with Crippen molar-refractivity contribution in [3.05, 3.63) is 29.8 Å². The van der Waals surface area contributed by atoms with Crippen LogP contribution in [0.25, 0.3) is 0 Å². The van der Waals surface area contributed by atoms with Crippen LogP contribution in [0.2, 0.25) is 0 Å². The topological polar surface area (TPSA) is 67.8 Å². The molecular formula is C16H25NO4. The Morgan fingerprint density at radius 1 is 1.43 bits per heavy atom. The van der Waals surface area contributed by atoms with Gasteiger partial charge >= 0.3 is 5.97 Å². The number of ether oxygens (including phenoxy) is 2. The van der Waals surface area contributed by atoms with Gasteiger partial charge in [0.15, 0.2) is 0 Å². The van der Waals surface area contributed by atoms with Crippen molar-refractivity contribution in [3.8, 4) is 5.75 Å². The predicted octanol–water partition coefficient (Wildman–Crippen LogP) is 1.67. The first-order chi connectivity index (χ1) is 10.1. The monoisotopic (exact) mass is 295 g/mol. The van der Waals surface area contributed by atoms with Crippen molar-refractivity contribution < 1.29 is 19.4 Å². The zero-order valence-corrected chi connectivity index (χ0v) is 12.8. The first-order valence-electron chi connectivity index (χ1n) is 7.35. The molecule has 0 aliphatic heterocycles. The highest BCUT2D eigenvalue weighted by Crippen LogP contribution is 2.12. The van der Waals surface area contributed by atoms with E-state index in [9.17, 15) is 9.90 Å². The van der Waals surface area contributed by atoms with Crippen LogP contribution in [-0.4, -0.2) is 43.5 Å². The quantitative estimate of drug-likeness (QED) is 0.507. The summed E-state index contributed by atoms with van der Waals surface area (Å²) in [6.07, 6.45) is 0.522. The Morgan fingerprint density at radius 3 is 2.95 bits per heavy atom. The number of aliphatic hydroxyl groups is 1. The average molecular weight is 295 g/mol. The van der Waals surface area contributed by atoms with Crippen LogP contribution in [0.3, 0.4) is 0 Å². The summed E-state index contributed by atoms with van der Waals surface area (Å²) in [6, 6.07) is 7.71. The molecule has 0 fully saturated rings. The highest BCUT2D eigenvalue weighted by atomic mass is 16.5. The second kappa shape index (κ2) is 10.2. The molecule has 5 heteroatoms. The fourth-order valence-electron chi connectivity index (χ4n) is 1.82. The minimum Gasteiger partial charge on any atom is -0.491 e. The number of carbonyl (C=O) groups is 1. The highest BCUT2D eigenvalue weighted by molar-refractivity contribution is 5.69. The van der Waals surface area contributed by atoms with Gasteiger partial charge in [0.05, 0.1) is 6.61 Å². The molecule has 0 saturated carbocycles. The van der Waals surface area contributed by atoms with E-state index in [1.165, 1.54) is 0 Å². The van der Waals surface area contributed by atoms with Crippen LogP contribution in [0.5, 0.6) is 5.75 Å². The standard InChI is InChI=1S/C16H25NO4/c1-3-20-16(19)8-5-9-17-11-14(18)12-21-15-7-4-6-13(2)10-15/h4,6-7,10,14,17-18H,3,5,8-9,11-12H2,1-2H3. The number of aryl methyl sites for hydroxylation is 1. The number of esters is 1. The van der Waals surface area contributed by atoms with E-state index in [0.717, 1.165) is 11.3 Å². The normalized spacial score (nSPS) is 12.0. The number of aliphatic hydroxyl groups excluding tert-OH is 1. The van der Waals surface area contributed by atoms with Crippen molar-refractivity contribution in [1.82, 2.24) is 5.32 Å². The minimum absolute atomic E-state index is 0.178. The van der Waals surface area contributed by atoms with Gasteiger partial charge in [-0.05, 0) is 44.5 Å². The third-order valence-corrected chi connectivity index (χ3v) is 2.85. The van der Waals surface area contributed by atoms with Gasteiger partial charge in [0.25, 0.3) is 0 Å². The summed E-state index contributed by atoms with van der Waals surface area (Å²) >= 11 is 0. The Labute approximate surface area is 126 Å². The van der Waals surface area contributed by atoms with Crippen LogP contribution < -0.4 is 10.1 Å². The summed E-state index contributed by atoms with van der Waals surface area (Å²) in [5.41, 5.74) is 1.12. The summed E-state index contributed by atoms with van der Waals surface area (Å²) in [5, 5.41) is 12.9.